The largest absolute Gasteiger partial charge is 0.350 e. The first kappa shape index (κ1) is 17.2. The molecular formula is C17H21N3O2S. The van der Waals surface area contributed by atoms with E-state index in [-0.39, 0.29) is 24.9 Å². The Hall–Kier alpha value is -2.18. The van der Waals surface area contributed by atoms with E-state index in [9.17, 15) is 9.59 Å². The highest BCUT2D eigenvalue weighted by molar-refractivity contribution is 7.09. The van der Waals surface area contributed by atoms with Crippen molar-refractivity contribution in [1.29, 1.82) is 0 Å². The quantitative estimate of drug-likeness (QED) is 0.780. The molecule has 0 aliphatic carbocycles. The molecule has 6 heteroatoms. The van der Waals surface area contributed by atoms with Crippen LogP contribution in [0.15, 0.2) is 47.8 Å². The van der Waals surface area contributed by atoms with Gasteiger partial charge in [-0.15, -0.1) is 11.3 Å². The number of hydrogen-bond acceptors (Lipinski definition) is 4. The van der Waals surface area contributed by atoms with Crippen LogP contribution in [-0.4, -0.2) is 36.3 Å². The molecule has 2 N–H and O–H groups in total. The van der Waals surface area contributed by atoms with Crippen molar-refractivity contribution in [2.75, 3.05) is 25.0 Å². The summed E-state index contributed by atoms with van der Waals surface area (Å²) in [6.07, 6.45) is 0. The monoisotopic (exact) mass is 331 g/mol. The van der Waals surface area contributed by atoms with E-state index in [1.165, 1.54) is 0 Å². The fourth-order valence-corrected chi connectivity index (χ4v) is 2.71. The van der Waals surface area contributed by atoms with Crippen LogP contribution < -0.4 is 10.6 Å². The van der Waals surface area contributed by atoms with Gasteiger partial charge in [-0.2, -0.15) is 0 Å². The van der Waals surface area contributed by atoms with Gasteiger partial charge in [0, 0.05) is 10.6 Å². The summed E-state index contributed by atoms with van der Waals surface area (Å²) in [5.74, 6) is -0.197. The zero-order valence-electron chi connectivity index (χ0n) is 13.1. The van der Waals surface area contributed by atoms with Crippen LogP contribution in [0.5, 0.6) is 0 Å². The van der Waals surface area contributed by atoms with Crippen LogP contribution in [0.1, 0.15) is 11.8 Å². The lowest BCUT2D eigenvalue weighted by Crippen LogP contribution is -2.40. The molecular weight excluding hydrogens is 310 g/mol. The van der Waals surface area contributed by atoms with E-state index in [0.717, 1.165) is 10.6 Å². The Bertz CT molecular complexity index is 614. The zero-order chi connectivity index (χ0) is 16.5. The van der Waals surface area contributed by atoms with Gasteiger partial charge in [-0.25, -0.2) is 0 Å². The van der Waals surface area contributed by atoms with Crippen molar-refractivity contribution in [3.05, 3.63) is 52.7 Å². The van der Waals surface area contributed by atoms with Crippen LogP contribution >= 0.6 is 11.3 Å². The number of thiophene rings is 1. The number of rotatable bonds is 8. The van der Waals surface area contributed by atoms with Crippen molar-refractivity contribution < 1.29 is 9.59 Å². The van der Waals surface area contributed by atoms with Gasteiger partial charge < -0.3 is 10.6 Å². The van der Waals surface area contributed by atoms with Gasteiger partial charge in [0.25, 0.3) is 0 Å². The third-order valence-corrected chi connectivity index (χ3v) is 4.16. The minimum Gasteiger partial charge on any atom is -0.350 e. The summed E-state index contributed by atoms with van der Waals surface area (Å²) in [6.45, 7) is 3.50. The number of nitrogens with one attached hydrogen (secondary N) is 2. The van der Waals surface area contributed by atoms with Crippen LogP contribution in [0.4, 0.5) is 5.69 Å². The van der Waals surface area contributed by atoms with Crippen molar-refractivity contribution >= 4 is 28.8 Å². The van der Waals surface area contributed by atoms with E-state index in [4.69, 9.17) is 0 Å². The number of carbonyl (C=O) groups excluding carboxylic acids is 2. The van der Waals surface area contributed by atoms with Crippen LogP contribution in [0.3, 0.4) is 0 Å². The lowest BCUT2D eigenvalue weighted by atomic mass is 10.3. The number of nitrogens with zero attached hydrogens (tertiary/aromatic N) is 1. The Morgan fingerprint density at radius 2 is 1.78 bits per heavy atom. The third kappa shape index (κ3) is 6.22. The topological polar surface area (TPSA) is 61.4 Å². The molecule has 23 heavy (non-hydrogen) atoms. The average Bonchev–Trinajstić information content (AvgIpc) is 3.06. The first-order valence-electron chi connectivity index (χ1n) is 7.53. The summed E-state index contributed by atoms with van der Waals surface area (Å²) in [5.41, 5.74) is 0.760. The minimum absolute atomic E-state index is 0.0761. The number of carbonyl (C=O) groups is 2. The summed E-state index contributed by atoms with van der Waals surface area (Å²) >= 11 is 1.61. The highest BCUT2D eigenvalue weighted by Crippen LogP contribution is 2.07. The standard InChI is InChI=1S/C17H21N3O2S/c1-2-20(12-16(21)18-11-15-9-6-10-23-15)13-17(22)19-14-7-4-3-5-8-14/h3-10H,2,11-13H2,1H3,(H,18,21)(H,19,22). The van der Waals surface area contributed by atoms with Gasteiger partial charge in [-0.05, 0) is 30.1 Å². The first-order chi connectivity index (χ1) is 11.2. The van der Waals surface area contributed by atoms with E-state index >= 15 is 0 Å². The van der Waals surface area contributed by atoms with Crippen LogP contribution in [0.25, 0.3) is 0 Å². The highest BCUT2D eigenvalue weighted by Gasteiger charge is 2.13. The summed E-state index contributed by atoms with van der Waals surface area (Å²) in [4.78, 5) is 26.9. The molecule has 1 heterocycles. The maximum absolute atomic E-state index is 12.0. The Morgan fingerprint density at radius 1 is 1.04 bits per heavy atom. The van der Waals surface area contributed by atoms with Crippen molar-refractivity contribution in [2.24, 2.45) is 0 Å². The molecule has 0 bridgehead atoms. The third-order valence-electron chi connectivity index (χ3n) is 3.28. The predicted octanol–water partition coefficient (Wildman–Crippen LogP) is 2.32. The second kappa shape index (κ2) is 9.07. The Morgan fingerprint density at radius 3 is 2.43 bits per heavy atom. The number of para-hydroxylation sites is 1. The van der Waals surface area contributed by atoms with Gasteiger partial charge >= 0.3 is 0 Å². The Balaban J connectivity index is 1.75. The zero-order valence-corrected chi connectivity index (χ0v) is 13.9. The average molecular weight is 331 g/mol. The highest BCUT2D eigenvalue weighted by atomic mass is 32.1. The lowest BCUT2D eigenvalue weighted by Gasteiger charge is -2.19. The van der Waals surface area contributed by atoms with E-state index in [0.29, 0.717) is 13.1 Å². The number of likely N-dealkylation sites (N-methyl/N-ethyl adjacent to an activating group) is 1. The molecule has 1 aromatic carbocycles. The summed E-state index contributed by atoms with van der Waals surface area (Å²) in [5, 5.41) is 7.67. The second-order valence-corrected chi connectivity index (χ2v) is 6.11. The van der Waals surface area contributed by atoms with Gasteiger partial charge in [0.2, 0.25) is 11.8 Å². The molecule has 0 aliphatic rings. The molecule has 2 aromatic rings. The van der Waals surface area contributed by atoms with Gasteiger partial charge in [-0.3, -0.25) is 14.5 Å². The predicted molar refractivity (Wildman–Crippen MR) is 93.4 cm³/mol. The second-order valence-electron chi connectivity index (χ2n) is 5.07. The fraction of sp³-hybridized carbons (Fsp3) is 0.294. The molecule has 0 fully saturated rings. The van der Waals surface area contributed by atoms with Crippen LogP contribution in [0, 0.1) is 0 Å². The van der Waals surface area contributed by atoms with Crippen molar-refractivity contribution in [3.8, 4) is 0 Å². The van der Waals surface area contributed by atoms with Crippen molar-refractivity contribution in [2.45, 2.75) is 13.5 Å². The molecule has 0 saturated heterocycles. The van der Waals surface area contributed by atoms with E-state index in [1.807, 2.05) is 59.7 Å². The maximum atomic E-state index is 12.0. The minimum atomic E-state index is -0.121. The molecule has 0 spiro atoms. The number of amides is 2. The molecule has 2 amide bonds. The molecule has 2 rings (SSSR count). The summed E-state index contributed by atoms with van der Waals surface area (Å²) in [7, 11) is 0. The fourth-order valence-electron chi connectivity index (χ4n) is 2.06. The van der Waals surface area contributed by atoms with Crippen molar-refractivity contribution in [1.82, 2.24) is 10.2 Å². The molecule has 0 radical (unpaired) electrons. The number of benzene rings is 1. The van der Waals surface area contributed by atoms with E-state index in [1.54, 1.807) is 11.3 Å². The van der Waals surface area contributed by atoms with Crippen LogP contribution in [0.2, 0.25) is 0 Å². The van der Waals surface area contributed by atoms with Gasteiger partial charge in [0.05, 0.1) is 19.6 Å². The maximum Gasteiger partial charge on any atom is 0.238 e. The van der Waals surface area contributed by atoms with E-state index in [2.05, 4.69) is 10.6 Å². The van der Waals surface area contributed by atoms with E-state index < -0.39 is 0 Å². The number of anilines is 1. The molecule has 1 aromatic heterocycles. The SMILES string of the molecule is CCN(CC(=O)NCc1cccs1)CC(=O)Nc1ccccc1. The van der Waals surface area contributed by atoms with Gasteiger partial charge in [0.15, 0.2) is 0 Å². The molecule has 0 aliphatic heterocycles. The van der Waals surface area contributed by atoms with Crippen molar-refractivity contribution in [3.63, 3.8) is 0 Å². The molecule has 5 nitrogen and oxygen atoms in total. The summed E-state index contributed by atoms with van der Waals surface area (Å²) < 4.78 is 0. The first-order valence-corrected chi connectivity index (χ1v) is 8.41. The Labute approximate surface area is 140 Å². The molecule has 0 unspecified atom stereocenters. The van der Waals surface area contributed by atoms with Crippen LogP contribution in [-0.2, 0) is 16.1 Å². The lowest BCUT2D eigenvalue weighted by molar-refractivity contribution is -0.123. The molecule has 0 saturated carbocycles. The van der Waals surface area contributed by atoms with Gasteiger partial charge in [0.1, 0.15) is 0 Å². The molecule has 0 atom stereocenters. The normalized spacial score (nSPS) is 10.5. The Kier molecular flexibility index (Phi) is 6.77. The summed E-state index contributed by atoms with van der Waals surface area (Å²) in [6, 6.07) is 13.2. The number of hydrogen-bond donors (Lipinski definition) is 2. The molecule has 122 valence electrons. The smallest absolute Gasteiger partial charge is 0.238 e. The van der Waals surface area contributed by atoms with Gasteiger partial charge in [-0.1, -0.05) is 31.2 Å².